The van der Waals surface area contributed by atoms with Crippen molar-refractivity contribution in [1.82, 2.24) is 4.98 Å². The molecule has 20 heavy (non-hydrogen) atoms. The van der Waals surface area contributed by atoms with Gasteiger partial charge in [0.05, 0.1) is 14.8 Å². The molecule has 0 bridgehead atoms. The maximum absolute atomic E-state index is 12.1. The normalized spacial score (nSPS) is 9.75. The Morgan fingerprint density at radius 3 is 3.00 bits per heavy atom. The van der Waals surface area contributed by atoms with E-state index in [0.29, 0.717) is 15.7 Å². The van der Waals surface area contributed by atoms with E-state index >= 15 is 0 Å². The van der Waals surface area contributed by atoms with Crippen LogP contribution >= 0.6 is 22.9 Å². The number of hydrogen-bond donors (Lipinski definition) is 2. The van der Waals surface area contributed by atoms with E-state index in [1.54, 1.807) is 18.2 Å². The molecule has 0 unspecified atom stereocenters. The van der Waals surface area contributed by atoms with Gasteiger partial charge in [0.1, 0.15) is 12.4 Å². The van der Waals surface area contributed by atoms with Crippen LogP contribution in [0.5, 0.6) is 0 Å². The molecule has 0 saturated carbocycles. The number of nitrogens with zero attached hydrogens (tertiary/aromatic N) is 1. The summed E-state index contributed by atoms with van der Waals surface area (Å²) in [4.78, 5) is 17.4. The topological polar surface area (TPSA) is 62.2 Å². The van der Waals surface area contributed by atoms with Crippen LogP contribution in [-0.2, 0) is 0 Å². The Balaban J connectivity index is 2.15. The highest BCUT2D eigenvalue weighted by atomic mass is 35.5. The van der Waals surface area contributed by atoms with Gasteiger partial charge < -0.3 is 10.4 Å². The first kappa shape index (κ1) is 14.5. The summed E-state index contributed by atoms with van der Waals surface area (Å²) in [6.45, 7) is 1.67. The van der Waals surface area contributed by atoms with Gasteiger partial charge in [0.15, 0.2) is 0 Å². The van der Waals surface area contributed by atoms with Gasteiger partial charge in [0, 0.05) is 6.20 Å². The lowest BCUT2D eigenvalue weighted by Gasteiger charge is -2.01. The third-order valence-electron chi connectivity index (χ3n) is 2.39. The molecule has 0 radical (unpaired) electrons. The van der Waals surface area contributed by atoms with Crippen LogP contribution in [0.25, 0.3) is 0 Å². The summed E-state index contributed by atoms with van der Waals surface area (Å²) < 4.78 is 0. The zero-order chi connectivity index (χ0) is 14.5. The number of aliphatic hydroxyl groups excluding tert-OH is 1. The monoisotopic (exact) mass is 306 g/mol. The largest absolute Gasteiger partial charge is 0.384 e. The lowest BCUT2D eigenvalue weighted by Crippen LogP contribution is -2.11. The SMILES string of the molecule is Cc1cc(C(=O)Nc2ccc(Cl)cn2)sc1C#CCO. The van der Waals surface area contributed by atoms with Crippen molar-refractivity contribution in [2.75, 3.05) is 11.9 Å². The molecule has 0 aliphatic heterocycles. The van der Waals surface area contributed by atoms with Gasteiger partial charge in [-0.3, -0.25) is 4.79 Å². The zero-order valence-electron chi connectivity index (χ0n) is 10.6. The van der Waals surface area contributed by atoms with Crippen molar-refractivity contribution in [3.8, 4) is 11.8 Å². The van der Waals surface area contributed by atoms with Gasteiger partial charge in [-0.05, 0) is 30.7 Å². The molecule has 6 heteroatoms. The minimum absolute atomic E-state index is 0.201. The van der Waals surface area contributed by atoms with Crippen molar-refractivity contribution < 1.29 is 9.90 Å². The molecule has 2 N–H and O–H groups in total. The second-order valence-corrected chi connectivity index (χ2v) is 5.39. The predicted octanol–water partition coefficient (Wildman–Crippen LogP) is 2.70. The maximum atomic E-state index is 12.1. The first-order valence-corrected chi connectivity index (χ1v) is 6.92. The highest BCUT2D eigenvalue weighted by Gasteiger charge is 2.12. The Morgan fingerprint density at radius 2 is 2.35 bits per heavy atom. The number of pyridine rings is 1. The fraction of sp³-hybridized carbons (Fsp3) is 0.143. The van der Waals surface area contributed by atoms with Crippen LogP contribution in [0.1, 0.15) is 20.1 Å². The Morgan fingerprint density at radius 1 is 1.55 bits per heavy atom. The van der Waals surface area contributed by atoms with Crippen LogP contribution in [0, 0.1) is 18.8 Å². The molecular formula is C14H11ClN2O2S. The number of nitrogens with one attached hydrogen (secondary N) is 1. The molecule has 0 fully saturated rings. The number of halogens is 1. The Bertz CT molecular complexity index is 683. The second-order valence-electron chi connectivity index (χ2n) is 3.90. The van der Waals surface area contributed by atoms with Crippen molar-refractivity contribution >= 4 is 34.7 Å². The van der Waals surface area contributed by atoms with Crippen molar-refractivity contribution in [3.63, 3.8) is 0 Å². The van der Waals surface area contributed by atoms with Crippen LogP contribution in [0.2, 0.25) is 5.02 Å². The highest BCUT2D eigenvalue weighted by molar-refractivity contribution is 7.14. The molecule has 0 atom stereocenters. The van der Waals surface area contributed by atoms with E-state index in [1.807, 2.05) is 6.92 Å². The Hall–Kier alpha value is -1.87. The van der Waals surface area contributed by atoms with Crippen molar-refractivity contribution in [2.24, 2.45) is 0 Å². The van der Waals surface area contributed by atoms with E-state index in [9.17, 15) is 4.79 Å². The van der Waals surface area contributed by atoms with Gasteiger partial charge in [0.2, 0.25) is 0 Å². The standard InChI is InChI=1S/C14H11ClN2O2S/c1-9-7-12(20-11(9)3-2-6-18)14(19)17-13-5-4-10(15)8-16-13/h4-5,7-8,18H,6H2,1H3,(H,16,17,19). The number of amides is 1. The summed E-state index contributed by atoms with van der Waals surface area (Å²) in [5.74, 6) is 5.58. The van der Waals surface area contributed by atoms with Crippen molar-refractivity contribution in [1.29, 1.82) is 0 Å². The number of rotatable bonds is 2. The predicted molar refractivity (Wildman–Crippen MR) is 80.2 cm³/mol. The molecule has 0 spiro atoms. The third-order valence-corrected chi connectivity index (χ3v) is 3.77. The smallest absolute Gasteiger partial charge is 0.266 e. The first-order chi connectivity index (χ1) is 9.60. The summed E-state index contributed by atoms with van der Waals surface area (Å²) in [6.07, 6.45) is 1.47. The maximum Gasteiger partial charge on any atom is 0.266 e. The summed E-state index contributed by atoms with van der Waals surface area (Å²) >= 11 is 7.01. The van der Waals surface area contributed by atoms with Gasteiger partial charge >= 0.3 is 0 Å². The van der Waals surface area contributed by atoms with E-state index in [-0.39, 0.29) is 12.5 Å². The van der Waals surface area contributed by atoms with E-state index < -0.39 is 0 Å². The van der Waals surface area contributed by atoms with Gasteiger partial charge in [-0.2, -0.15) is 0 Å². The Kier molecular flexibility index (Phi) is 4.74. The van der Waals surface area contributed by atoms with Gasteiger partial charge in [-0.15, -0.1) is 11.3 Å². The number of thiophene rings is 1. The van der Waals surface area contributed by atoms with Crippen LogP contribution in [-0.4, -0.2) is 22.6 Å². The van der Waals surface area contributed by atoms with E-state index in [1.165, 1.54) is 17.5 Å². The lowest BCUT2D eigenvalue weighted by atomic mass is 10.2. The van der Waals surface area contributed by atoms with E-state index in [0.717, 1.165) is 10.4 Å². The van der Waals surface area contributed by atoms with Gasteiger partial charge in [-0.1, -0.05) is 23.4 Å². The average Bonchev–Trinajstić information content (AvgIpc) is 2.80. The van der Waals surface area contributed by atoms with Crippen LogP contribution in [0.15, 0.2) is 24.4 Å². The molecule has 2 rings (SSSR count). The second kappa shape index (κ2) is 6.53. The summed E-state index contributed by atoms with van der Waals surface area (Å²) in [7, 11) is 0. The number of hydrogen-bond acceptors (Lipinski definition) is 4. The number of carbonyl (C=O) groups is 1. The number of anilines is 1. The van der Waals surface area contributed by atoms with Crippen LogP contribution in [0.4, 0.5) is 5.82 Å². The van der Waals surface area contributed by atoms with Crippen molar-refractivity contribution in [2.45, 2.75) is 6.92 Å². The molecule has 2 aromatic heterocycles. The van der Waals surface area contributed by atoms with Gasteiger partial charge in [-0.25, -0.2) is 4.98 Å². The average molecular weight is 307 g/mol. The summed E-state index contributed by atoms with van der Waals surface area (Å²) in [5.41, 5.74) is 0.908. The minimum Gasteiger partial charge on any atom is -0.384 e. The molecule has 0 saturated heterocycles. The fourth-order valence-corrected chi connectivity index (χ4v) is 2.52. The fourth-order valence-electron chi connectivity index (χ4n) is 1.47. The highest BCUT2D eigenvalue weighted by Crippen LogP contribution is 2.22. The molecule has 102 valence electrons. The number of aliphatic hydroxyl groups is 1. The molecular weight excluding hydrogens is 296 g/mol. The van der Waals surface area contributed by atoms with Gasteiger partial charge in [0.25, 0.3) is 5.91 Å². The third kappa shape index (κ3) is 3.58. The summed E-state index contributed by atoms with van der Waals surface area (Å²) in [5, 5.41) is 11.9. The molecule has 0 aliphatic carbocycles. The number of aryl methyl sites for hydroxylation is 1. The minimum atomic E-state index is -0.245. The molecule has 4 nitrogen and oxygen atoms in total. The van der Waals surface area contributed by atoms with Crippen LogP contribution < -0.4 is 5.32 Å². The molecule has 2 aromatic rings. The number of aromatic nitrogens is 1. The molecule has 0 aromatic carbocycles. The quantitative estimate of drug-likeness (QED) is 0.839. The molecule has 2 heterocycles. The van der Waals surface area contributed by atoms with Crippen molar-refractivity contribution in [3.05, 3.63) is 44.7 Å². The Labute approximate surface area is 125 Å². The zero-order valence-corrected chi connectivity index (χ0v) is 12.2. The first-order valence-electron chi connectivity index (χ1n) is 5.73. The van der Waals surface area contributed by atoms with E-state index in [2.05, 4.69) is 22.1 Å². The molecule has 1 amide bonds. The van der Waals surface area contributed by atoms with Crippen LogP contribution in [0.3, 0.4) is 0 Å². The number of carbonyl (C=O) groups excluding carboxylic acids is 1. The molecule has 0 aliphatic rings. The van der Waals surface area contributed by atoms with E-state index in [4.69, 9.17) is 16.7 Å². The lowest BCUT2D eigenvalue weighted by molar-refractivity contribution is 0.103. The summed E-state index contributed by atoms with van der Waals surface area (Å²) in [6, 6.07) is 5.05.